The lowest BCUT2D eigenvalue weighted by molar-refractivity contribution is 0.460. The first-order chi connectivity index (χ1) is 9.84. The van der Waals surface area contributed by atoms with Gasteiger partial charge in [0.05, 0.1) is 5.69 Å². The number of phenolic OH excluding ortho intramolecular Hbond substituents is 1. The Morgan fingerprint density at radius 2 is 1.70 bits per heavy atom. The lowest BCUT2D eigenvalue weighted by Crippen LogP contribution is -1.95. The van der Waals surface area contributed by atoms with Crippen LogP contribution in [0.4, 0.5) is 5.69 Å². The van der Waals surface area contributed by atoms with Crippen LogP contribution in [0.2, 0.25) is 0 Å². The van der Waals surface area contributed by atoms with Gasteiger partial charge in [0, 0.05) is 11.8 Å². The Morgan fingerprint density at radius 1 is 0.950 bits per heavy atom. The van der Waals surface area contributed by atoms with Gasteiger partial charge in [-0.2, -0.15) is 0 Å². The van der Waals surface area contributed by atoms with E-state index in [9.17, 15) is 5.11 Å². The van der Waals surface area contributed by atoms with Crippen LogP contribution in [0.3, 0.4) is 0 Å². The number of hydrogen-bond acceptors (Lipinski definition) is 2. The van der Waals surface area contributed by atoms with Gasteiger partial charge in [-0.15, -0.1) is 0 Å². The molecule has 1 aliphatic carbocycles. The third-order valence-electron chi connectivity index (χ3n) is 4.00. The van der Waals surface area contributed by atoms with E-state index in [1.54, 1.807) is 6.21 Å². The number of hydrogen-bond donors (Lipinski definition) is 1. The molecule has 0 saturated heterocycles. The molecule has 1 saturated carbocycles. The van der Waals surface area contributed by atoms with Crippen LogP contribution in [0.1, 0.15) is 42.7 Å². The minimum Gasteiger partial charge on any atom is -0.507 e. The van der Waals surface area contributed by atoms with Crippen molar-refractivity contribution < 1.29 is 5.11 Å². The van der Waals surface area contributed by atoms with Crippen molar-refractivity contribution in [2.45, 2.75) is 31.6 Å². The van der Waals surface area contributed by atoms with Gasteiger partial charge in [-0.3, -0.25) is 4.99 Å². The Balaban J connectivity index is 1.87. The summed E-state index contributed by atoms with van der Waals surface area (Å²) in [7, 11) is 0. The monoisotopic (exact) mass is 265 g/mol. The number of benzene rings is 2. The first-order valence-electron chi connectivity index (χ1n) is 7.25. The SMILES string of the molecule is Oc1c(C=Nc2ccccc2)cccc1C1CCCC1. The van der Waals surface area contributed by atoms with Gasteiger partial charge in [-0.1, -0.05) is 43.2 Å². The standard InChI is InChI=1S/C18H19NO/c20-18-15(13-19-16-10-2-1-3-11-16)9-6-12-17(18)14-7-4-5-8-14/h1-3,6,9-14,20H,4-5,7-8H2. The van der Waals surface area contributed by atoms with Gasteiger partial charge in [-0.25, -0.2) is 0 Å². The molecule has 1 aliphatic rings. The van der Waals surface area contributed by atoms with Crippen LogP contribution in [0.5, 0.6) is 5.75 Å². The van der Waals surface area contributed by atoms with Gasteiger partial charge >= 0.3 is 0 Å². The van der Waals surface area contributed by atoms with Crippen molar-refractivity contribution in [2.75, 3.05) is 0 Å². The van der Waals surface area contributed by atoms with Crippen molar-refractivity contribution in [3.63, 3.8) is 0 Å². The average molecular weight is 265 g/mol. The maximum Gasteiger partial charge on any atom is 0.127 e. The van der Waals surface area contributed by atoms with Crippen LogP contribution >= 0.6 is 0 Å². The quantitative estimate of drug-likeness (QED) is 0.794. The summed E-state index contributed by atoms with van der Waals surface area (Å²) in [6, 6.07) is 15.8. The van der Waals surface area contributed by atoms with Gasteiger partial charge in [0.15, 0.2) is 0 Å². The zero-order valence-electron chi connectivity index (χ0n) is 11.5. The van der Waals surface area contributed by atoms with Gasteiger partial charge < -0.3 is 5.11 Å². The lowest BCUT2D eigenvalue weighted by Gasteiger charge is -2.13. The highest BCUT2D eigenvalue weighted by Gasteiger charge is 2.20. The highest BCUT2D eigenvalue weighted by Crippen LogP contribution is 2.39. The van der Waals surface area contributed by atoms with Gasteiger partial charge in [0.2, 0.25) is 0 Å². The van der Waals surface area contributed by atoms with Gasteiger partial charge in [-0.05, 0) is 42.5 Å². The molecule has 1 N–H and O–H groups in total. The van der Waals surface area contributed by atoms with Crippen molar-refractivity contribution in [3.05, 3.63) is 59.7 Å². The summed E-state index contributed by atoms with van der Waals surface area (Å²) in [6.45, 7) is 0. The van der Waals surface area contributed by atoms with E-state index in [0.717, 1.165) is 16.8 Å². The Bertz CT molecular complexity index is 598. The molecule has 20 heavy (non-hydrogen) atoms. The second-order valence-corrected chi connectivity index (χ2v) is 5.36. The van der Waals surface area contributed by atoms with E-state index in [2.05, 4.69) is 4.99 Å². The molecule has 2 nitrogen and oxygen atoms in total. The molecule has 0 aromatic heterocycles. The van der Waals surface area contributed by atoms with E-state index in [1.807, 2.05) is 48.5 Å². The van der Waals surface area contributed by atoms with Crippen LogP contribution in [0.15, 0.2) is 53.5 Å². The molecule has 0 atom stereocenters. The number of phenols is 1. The third-order valence-corrected chi connectivity index (χ3v) is 4.00. The van der Waals surface area contributed by atoms with E-state index >= 15 is 0 Å². The molecule has 0 aliphatic heterocycles. The molecule has 0 amide bonds. The molecule has 0 bridgehead atoms. The fourth-order valence-electron chi connectivity index (χ4n) is 2.91. The van der Waals surface area contributed by atoms with Gasteiger partial charge in [0.25, 0.3) is 0 Å². The van der Waals surface area contributed by atoms with E-state index in [0.29, 0.717) is 11.7 Å². The second-order valence-electron chi connectivity index (χ2n) is 5.36. The summed E-state index contributed by atoms with van der Waals surface area (Å²) in [5, 5.41) is 10.4. The zero-order valence-corrected chi connectivity index (χ0v) is 11.5. The fraction of sp³-hybridized carbons (Fsp3) is 0.278. The molecule has 3 rings (SSSR count). The van der Waals surface area contributed by atoms with Crippen molar-refractivity contribution >= 4 is 11.9 Å². The molecule has 0 unspecified atom stereocenters. The topological polar surface area (TPSA) is 32.6 Å². The smallest absolute Gasteiger partial charge is 0.127 e. The number of aromatic hydroxyl groups is 1. The fourth-order valence-corrected chi connectivity index (χ4v) is 2.91. The Hall–Kier alpha value is -2.09. The van der Waals surface area contributed by atoms with Crippen LogP contribution in [-0.4, -0.2) is 11.3 Å². The summed E-state index contributed by atoms with van der Waals surface area (Å²) in [4.78, 5) is 4.42. The maximum atomic E-state index is 10.4. The van der Waals surface area contributed by atoms with Crippen molar-refractivity contribution in [3.8, 4) is 5.75 Å². The van der Waals surface area contributed by atoms with E-state index in [4.69, 9.17) is 0 Å². The van der Waals surface area contributed by atoms with Crippen LogP contribution in [0.25, 0.3) is 0 Å². The normalized spacial score (nSPS) is 16.0. The highest BCUT2D eigenvalue weighted by molar-refractivity contribution is 5.86. The summed E-state index contributed by atoms with van der Waals surface area (Å²) in [5.41, 5.74) is 2.79. The molecule has 102 valence electrons. The number of aliphatic imine (C=N–C) groups is 1. The summed E-state index contributed by atoms with van der Waals surface area (Å²) in [6.07, 6.45) is 6.67. The summed E-state index contributed by atoms with van der Waals surface area (Å²) < 4.78 is 0. The predicted molar refractivity (Wildman–Crippen MR) is 83.0 cm³/mol. The molecular formula is C18H19NO. The van der Waals surface area contributed by atoms with Crippen molar-refractivity contribution in [2.24, 2.45) is 4.99 Å². The Kier molecular flexibility index (Phi) is 3.82. The van der Waals surface area contributed by atoms with Crippen LogP contribution in [0, 0.1) is 0 Å². The average Bonchev–Trinajstić information content (AvgIpc) is 3.01. The number of nitrogens with zero attached hydrogens (tertiary/aromatic N) is 1. The summed E-state index contributed by atoms with van der Waals surface area (Å²) >= 11 is 0. The molecule has 2 heteroatoms. The van der Waals surface area contributed by atoms with Gasteiger partial charge in [0.1, 0.15) is 5.75 Å². The van der Waals surface area contributed by atoms with E-state index < -0.39 is 0 Å². The molecule has 2 aromatic carbocycles. The zero-order chi connectivity index (χ0) is 13.8. The highest BCUT2D eigenvalue weighted by atomic mass is 16.3. The van der Waals surface area contributed by atoms with Crippen LogP contribution in [-0.2, 0) is 0 Å². The second kappa shape index (κ2) is 5.91. The van der Waals surface area contributed by atoms with Crippen molar-refractivity contribution in [1.29, 1.82) is 0 Å². The maximum absolute atomic E-state index is 10.4. The van der Waals surface area contributed by atoms with Crippen LogP contribution < -0.4 is 0 Å². The summed E-state index contributed by atoms with van der Waals surface area (Å²) in [5.74, 6) is 0.916. The first-order valence-corrected chi connectivity index (χ1v) is 7.25. The largest absolute Gasteiger partial charge is 0.507 e. The Labute approximate surface area is 119 Å². The number of para-hydroxylation sites is 2. The minimum atomic E-state index is 0.402. The molecule has 1 fully saturated rings. The predicted octanol–water partition coefficient (Wildman–Crippen LogP) is 4.80. The minimum absolute atomic E-state index is 0.402. The van der Waals surface area contributed by atoms with E-state index in [1.165, 1.54) is 25.7 Å². The van der Waals surface area contributed by atoms with Crippen molar-refractivity contribution in [1.82, 2.24) is 0 Å². The molecular weight excluding hydrogens is 246 g/mol. The molecule has 0 spiro atoms. The Morgan fingerprint density at radius 3 is 2.45 bits per heavy atom. The molecule has 2 aromatic rings. The number of rotatable bonds is 3. The lowest BCUT2D eigenvalue weighted by atomic mass is 9.95. The molecule has 0 heterocycles. The van der Waals surface area contributed by atoms with E-state index in [-0.39, 0.29) is 0 Å². The first kappa shape index (κ1) is 12.9. The molecule has 0 radical (unpaired) electrons. The third kappa shape index (κ3) is 2.74.